The molecule has 1 aromatic carbocycles. The first kappa shape index (κ1) is 14.4. The second kappa shape index (κ2) is 6.43. The van der Waals surface area contributed by atoms with Crippen molar-refractivity contribution in [3.63, 3.8) is 0 Å². The average molecular weight is 276 g/mol. The molecule has 0 spiro atoms. The van der Waals surface area contributed by atoms with Crippen molar-refractivity contribution in [2.45, 2.75) is 26.6 Å². The van der Waals surface area contributed by atoms with E-state index >= 15 is 0 Å². The zero-order valence-corrected chi connectivity index (χ0v) is 11.7. The Morgan fingerprint density at radius 2 is 2.05 bits per heavy atom. The van der Waals surface area contributed by atoms with Crippen molar-refractivity contribution in [3.05, 3.63) is 42.1 Å². The lowest BCUT2D eigenvalue weighted by Gasteiger charge is -2.25. The molecule has 1 aliphatic rings. The van der Waals surface area contributed by atoms with Crippen LogP contribution in [0.4, 0.5) is 4.79 Å². The molecule has 108 valence electrons. The van der Waals surface area contributed by atoms with Crippen molar-refractivity contribution in [2.75, 3.05) is 6.61 Å². The summed E-state index contributed by atoms with van der Waals surface area (Å²) in [6.07, 6.45) is 2.22. The molecule has 0 bridgehead atoms. The van der Waals surface area contributed by atoms with E-state index in [1.165, 1.54) is 11.0 Å². The normalized spacial score (nSPS) is 18.3. The van der Waals surface area contributed by atoms with Crippen LogP contribution in [-0.4, -0.2) is 28.9 Å². The van der Waals surface area contributed by atoms with Gasteiger partial charge >= 0.3 is 6.03 Å². The molecule has 1 aromatic rings. The maximum Gasteiger partial charge on any atom is 0.323 e. The van der Waals surface area contributed by atoms with Gasteiger partial charge in [-0.1, -0.05) is 26.0 Å². The molecular weight excluding hydrogens is 256 g/mol. The monoisotopic (exact) mass is 276 g/mol. The van der Waals surface area contributed by atoms with Crippen molar-refractivity contribution in [2.24, 2.45) is 5.92 Å². The highest BCUT2D eigenvalue weighted by molar-refractivity contribution is 5.76. The van der Waals surface area contributed by atoms with E-state index in [0.717, 1.165) is 11.3 Å². The molecule has 0 saturated heterocycles. The summed E-state index contributed by atoms with van der Waals surface area (Å²) in [6.45, 7) is 5.35. The number of aliphatic hydroxyl groups excluding tert-OH is 1. The van der Waals surface area contributed by atoms with Crippen molar-refractivity contribution in [1.82, 2.24) is 10.2 Å². The van der Waals surface area contributed by atoms with Gasteiger partial charge in [0.1, 0.15) is 12.0 Å². The summed E-state index contributed by atoms with van der Waals surface area (Å²) in [5.41, 5.74) is 0.998. The standard InChI is InChI=1S/C15H20N2O3/c1-11(2)10-20-13-5-3-12(4-6-13)9-17-8-7-14(18)16-15(17)19/h3-8,11,14,18H,9-10H2,1-2H3,(H,16,19). The second-order valence-corrected chi connectivity index (χ2v) is 5.21. The van der Waals surface area contributed by atoms with Gasteiger partial charge in [0.25, 0.3) is 0 Å². The lowest BCUT2D eigenvalue weighted by atomic mass is 10.2. The Hall–Kier alpha value is -2.01. The summed E-state index contributed by atoms with van der Waals surface area (Å²) in [4.78, 5) is 13.1. The quantitative estimate of drug-likeness (QED) is 0.865. The molecule has 0 radical (unpaired) electrons. The molecule has 0 saturated carbocycles. The number of carbonyl (C=O) groups is 1. The number of carbonyl (C=O) groups excluding carboxylic acids is 1. The van der Waals surface area contributed by atoms with Crippen LogP contribution in [0.15, 0.2) is 36.5 Å². The smallest absolute Gasteiger partial charge is 0.323 e. The molecule has 2 N–H and O–H groups in total. The minimum Gasteiger partial charge on any atom is -0.493 e. The molecular formula is C15H20N2O3. The van der Waals surface area contributed by atoms with E-state index in [9.17, 15) is 9.90 Å². The fourth-order valence-corrected chi connectivity index (χ4v) is 1.79. The molecule has 1 heterocycles. The molecule has 0 aromatic heterocycles. The van der Waals surface area contributed by atoms with Crippen LogP contribution in [0.1, 0.15) is 19.4 Å². The molecule has 5 nitrogen and oxygen atoms in total. The number of nitrogens with one attached hydrogen (secondary N) is 1. The van der Waals surface area contributed by atoms with Crippen molar-refractivity contribution < 1.29 is 14.6 Å². The summed E-state index contributed by atoms with van der Waals surface area (Å²) >= 11 is 0. The van der Waals surface area contributed by atoms with Gasteiger partial charge in [0.05, 0.1) is 13.2 Å². The van der Waals surface area contributed by atoms with E-state index in [1.54, 1.807) is 6.20 Å². The Labute approximate surface area is 118 Å². The van der Waals surface area contributed by atoms with Crippen LogP contribution >= 0.6 is 0 Å². The zero-order valence-electron chi connectivity index (χ0n) is 11.7. The first-order chi connectivity index (χ1) is 9.54. The summed E-state index contributed by atoms with van der Waals surface area (Å²) in [7, 11) is 0. The molecule has 0 aliphatic carbocycles. The number of nitrogens with zero attached hydrogens (tertiary/aromatic N) is 1. The first-order valence-electron chi connectivity index (χ1n) is 6.70. The van der Waals surface area contributed by atoms with E-state index in [4.69, 9.17) is 4.74 Å². The third-order valence-corrected chi connectivity index (χ3v) is 2.84. The second-order valence-electron chi connectivity index (χ2n) is 5.21. The lowest BCUT2D eigenvalue weighted by Crippen LogP contribution is -2.45. The van der Waals surface area contributed by atoms with Crippen LogP contribution in [-0.2, 0) is 6.54 Å². The molecule has 5 heteroatoms. The van der Waals surface area contributed by atoms with Crippen LogP contribution in [0.3, 0.4) is 0 Å². The number of rotatable bonds is 5. The Bertz CT molecular complexity index is 482. The minimum atomic E-state index is -0.898. The van der Waals surface area contributed by atoms with Crippen molar-refractivity contribution in [3.8, 4) is 5.75 Å². The Balaban J connectivity index is 1.93. The SMILES string of the molecule is CC(C)COc1ccc(CN2C=CC(O)NC2=O)cc1. The molecule has 1 aliphatic heterocycles. The van der Waals surface area contributed by atoms with Gasteiger partial charge in [0.15, 0.2) is 0 Å². The van der Waals surface area contributed by atoms with Gasteiger partial charge in [-0.15, -0.1) is 0 Å². The van der Waals surface area contributed by atoms with Crippen LogP contribution in [0, 0.1) is 5.92 Å². The van der Waals surface area contributed by atoms with Crippen LogP contribution in [0.2, 0.25) is 0 Å². The summed E-state index contributed by atoms with van der Waals surface area (Å²) in [6, 6.07) is 7.36. The third-order valence-electron chi connectivity index (χ3n) is 2.84. The van der Waals surface area contributed by atoms with E-state index < -0.39 is 6.23 Å². The maximum absolute atomic E-state index is 11.6. The van der Waals surface area contributed by atoms with Crippen LogP contribution in [0.25, 0.3) is 0 Å². The van der Waals surface area contributed by atoms with Gasteiger partial charge in [0.2, 0.25) is 0 Å². The highest BCUT2D eigenvalue weighted by Crippen LogP contribution is 2.15. The van der Waals surface area contributed by atoms with E-state index in [0.29, 0.717) is 19.1 Å². The third kappa shape index (κ3) is 3.99. The lowest BCUT2D eigenvalue weighted by molar-refractivity contribution is 0.151. The number of hydrogen-bond donors (Lipinski definition) is 2. The predicted octanol–water partition coefficient (Wildman–Crippen LogP) is 2.08. The van der Waals surface area contributed by atoms with E-state index in [-0.39, 0.29) is 6.03 Å². The minimum absolute atomic E-state index is 0.305. The molecule has 2 amide bonds. The first-order valence-corrected chi connectivity index (χ1v) is 6.70. The summed E-state index contributed by atoms with van der Waals surface area (Å²) in [5, 5.41) is 11.7. The topological polar surface area (TPSA) is 61.8 Å². The van der Waals surface area contributed by atoms with E-state index in [2.05, 4.69) is 19.2 Å². The van der Waals surface area contributed by atoms with Crippen LogP contribution in [0.5, 0.6) is 5.75 Å². The van der Waals surface area contributed by atoms with E-state index in [1.807, 2.05) is 24.3 Å². The van der Waals surface area contributed by atoms with Gasteiger partial charge in [-0.25, -0.2) is 4.79 Å². The Morgan fingerprint density at radius 3 is 2.65 bits per heavy atom. The van der Waals surface area contributed by atoms with Crippen molar-refractivity contribution in [1.29, 1.82) is 0 Å². The van der Waals surface area contributed by atoms with Gasteiger partial charge < -0.3 is 15.2 Å². The number of amides is 2. The number of hydrogen-bond acceptors (Lipinski definition) is 3. The van der Waals surface area contributed by atoms with Gasteiger partial charge in [-0.05, 0) is 29.7 Å². The van der Waals surface area contributed by atoms with Gasteiger partial charge in [-0.2, -0.15) is 0 Å². The molecule has 1 atom stereocenters. The maximum atomic E-state index is 11.6. The van der Waals surface area contributed by atoms with Crippen molar-refractivity contribution >= 4 is 6.03 Å². The van der Waals surface area contributed by atoms with Gasteiger partial charge in [0, 0.05) is 6.20 Å². The zero-order chi connectivity index (χ0) is 14.5. The fraction of sp³-hybridized carbons (Fsp3) is 0.400. The molecule has 20 heavy (non-hydrogen) atoms. The number of urea groups is 1. The Kier molecular flexibility index (Phi) is 4.63. The number of ether oxygens (including phenoxy) is 1. The Morgan fingerprint density at radius 1 is 1.35 bits per heavy atom. The predicted molar refractivity (Wildman–Crippen MR) is 76.0 cm³/mol. The largest absolute Gasteiger partial charge is 0.493 e. The molecule has 1 unspecified atom stereocenters. The number of aliphatic hydroxyl groups is 1. The summed E-state index contributed by atoms with van der Waals surface area (Å²) < 4.78 is 5.61. The molecule has 0 fully saturated rings. The molecule has 2 rings (SSSR count). The highest BCUT2D eigenvalue weighted by atomic mass is 16.5. The fourth-order valence-electron chi connectivity index (χ4n) is 1.79. The number of benzene rings is 1. The van der Waals surface area contributed by atoms with Crippen LogP contribution < -0.4 is 10.1 Å². The van der Waals surface area contributed by atoms with Gasteiger partial charge in [-0.3, -0.25) is 4.90 Å². The highest BCUT2D eigenvalue weighted by Gasteiger charge is 2.18. The summed E-state index contributed by atoms with van der Waals surface area (Å²) in [5.74, 6) is 1.32. The average Bonchev–Trinajstić information content (AvgIpc) is 2.41.